The molecule has 2 N–H and O–H groups in total. The minimum absolute atomic E-state index is 0.655. The summed E-state index contributed by atoms with van der Waals surface area (Å²) in [7, 11) is 2.22. The summed E-state index contributed by atoms with van der Waals surface area (Å²) in [6.07, 6.45) is 2.33. The van der Waals surface area contributed by atoms with Crippen molar-refractivity contribution in [1.82, 2.24) is 4.90 Å². The maximum atomic E-state index is 5.70. The van der Waals surface area contributed by atoms with Crippen molar-refractivity contribution in [2.45, 2.75) is 25.7 Å². The second-order valence-corrected chi connectivity index (χ2v) is 5.34. The molecule has 0 aromatic heterocycles. The van der Waals surface area contributed by atoms with E-state index in [0.717, 1.165) is 18.9 Å². The summed E-state index contributed by atoms with van der Waals surface area (Å²) in [5.41, 5.74) is 8.65. The lowest BCUT2D eigenvalue weighted by Crippen LogP contribution is -2.18. The van der Waals surface area contributed by atoms with E-state index in [-0.39, 0.29) is 0 Å². The summed E-state index contributed by atoms with van der Waals surface area (Å²) in [5.74, 6) is 1.46. The van der Waals surface area contributed by atoms with Crippen LogP contribution in [0.15, 0.2) is 24.3 Å². The summed E-state index contributed by atoms with van der Waals surface area (Å²) < 4.78 is 0. The van der Waals surface area contributed by atoms with Gasteiger partial charge in [0, 0.05) is 6.54 Å². The molecule has 0 spiro atoms. The van der Waals surface area contributed by atoms with Crippen molar-refractivity contribution in [3.63, 3.8) is 0 Å². The first-order valence-electron chi connectivity index (χ1n) is 6.68. The number of nitrogens with two attached hydrogens (primary N) is 1. The third-order valence-electron chi connectivity index (χ3n) is 4.09. The van der Waals surface area contributed by atoms with Gasteiger partial charge in [-0.05, 0) is 55.9 Å². The molecule has 0 aliphatic carbocycles. The predicted octanol–water partition coefficient (Wildman–Crippen LogP) is 2.24. The molecule has 0 radical (unpaired) electrons. The van der Waals surface area contributed by atoms with E-state index in [9.17, 15) is 0 Å². The topological polar surface area (TPSA) is 29.3 Å². The third-order valence-corrected chi connectivity index (χ3v) is 4.09. The van der Waals surface area contributed by atoms with Crippen molar-refractivity contribution in [2.24, 2.45) is 11.7 Å². The highest BCUT2D eigenvalue weighted by molar-refractivity contribution is 5.31. The zero-order chi connectivity index (χ0) is 12.3. The summed E-state index contributed by atoms with van der Waals surface area (Å²) in [6, 6.07) is 8.80. The average molecular weight is 232 g/mol. The first-order valence-corrected chi connectivity index (χ1v) is 6.68. The minimum Gasteiger partial charge on any atom is -0.330 e. The van der Waals surface area contributed by atoms with Crippen molar-refractivity contribution >= 4 is 0 Å². The molecule has 1 saturated heterocycles. The highest BCUT2D eigenvalue weighted by Gasteiger charge is 2.26. The predicted molar refractivity (Wildman–Crippen MR) is 73.2 cm³/mol. The number of nitrogens with zero attached hydrogens (tertiary/aromatic N) is 1. The third kappa shape index (κ3) is 2.88. The maximum absolute atomic E-state index is 5.70. The maximum Gasteiger partial charge on any atom is 0.00128 e. The first kappa shape index (κ1) is 12.6. The molecule has 1 heterocycles. The summed E-state index contributed by atoms with van der Waals surface area (Å²) in [5, 5.41) is 0. The van der Waals surface area contributed by atoms with Crippen LogP contribution in [0.4, 0.5) is 0 Å². The summed E-state index contributed by atoms with van der Waals surface area (Å²) >= 11 is 0. The van der Waals surface area contributed by atoms with Crippen LogP contribution in [-0.4, -0.2) is 31.6 Å². The molecule has 2 heteroatoms. The van der Waals surface area contributed by atoms with E-state index in [1.807, 2.05) is 0 Å². The number of benzene rings is 1. The molecule has 17 heavy (non-hydrogen) atoms. The Morgan fingerprint density at radius 2 is 2.18 bits per heavy atom. The molecule has 0 saturated carbocycles. The summed E-state index contributed by atoms with van der Waals surface area (Å²) in [4.78, 5) is 2.44. The van der Waals surface area contributed by atoms with Crippen molar-refractivity contribution in [3.05, 3.63) is 35.4 Å². The van der Waals surface area contributed by atoms with E-state index in [4.69, 9.17) is 5.73 Å². The molecule has 1 aliphatic heterocycles. The molecular formula is C15H24N2. The van der Waals surface area contributed by atoms with Crippen LogP contribution in [-0.2, 0) is 6.42 Å². The van der Waals surface area contributed by atoms with Gasteiger partial charge < -0.3 is 10.6 Å². The largest absolute Gasteiger partial charge is 0.330 e. The van der Waals surface area contributed by atoms with Gasteiger partial charge in [0.05, 0.1) is 0 Å². The second-order valence-electron chi connectivity index (χ2n) is 5.34. The zero-order valence-electron chi connectivity index (χ0n) is 11.0. The lowest BCUT2D eigenvalue weighted by atomic mass is 9.84. The van der Waals surface area contributed by atoms with Gasteiger partial charge in [-0.3, -0.25) is 0 Å². The fourth-order valence-electron chi connectivity index (χ4n) is 2.99. The van der Waals surface area contributed by atoms with E-state index < -0.39 is 0 Å². The van der Waals surface area contributed by atoms with Crippen molar-refractivity contribution in [1.29, 1.82) is 0 Å². The fourth-order valence-corrected chi connectivity index (χ4v) is 2.99. The van der Waals surface area contributed by atoms with Gasteiger partial charge in [0.1, 0.15) is 0 Å². The Morgan fingerprint density at radius 1 is 1.41 bits per heavy atom. The van der Waals surface area contributed by atoms with E-state index in [2.05, 4.69) is 43.1 Å². The fraction of sp³-hybridized carbons (Fsp3) is 0.600. The Kier molecular flexibility index (Phi) is 4.19. The molecule has 94 valence electrons. The van der Waals surface area contributed by atoms with Crippen LogP contribution in [0.1, 0.15) is 30.4 Å². The van der Waals surface area contributed by atoms with Gasteiger partial charge in [0.25, 0.3) is 0 Å². The van der Waals surface area contributed by atoms with Crippen LogP contribution in [0.2, 0.25) is 0 Å². The molecule has 1 aromatic carbocycles. The summed E-state index contributed by atoms with van der Waals surface area (Å²) in [6.45, 7) is 5.60. The van der Waals surface area contributed by atoms with E-state index in [0.29, 0.717) is 5.92 Å². The Balaban J connectivity index is 2.15. The van der Waals surface area contributed by atoms with Crippen molar-refractivity contribution in [2.75, 3.05) is 26.7 Å². The second kappa shape index (κ2) is 5.65. The zero-order valence-corrected chi connectivity index (χ0v) is 11.0. The standard InChI is InChI=1S/C15H24N2/c1-12(14-8-10-17(2)11-14)15-6-4-3-5-13(15)7-9-16/h3-6,12,14H,7-11,16H2,1-2H3. The molecule has 2 rings (SSSR count). The molecule has 1 aromatic rings. The van der Waals surface area contributed by atoms with Gasteiger partial charge in [-0.2, -0.15) is 0 Å². The van der Waals surface area contributed by atoms with Crippen LogP contribution in [0.25, 0.3) is 0 Å². The number of hydrogen-bond donors (Lipinski definition) is 1. The smallest absolute Gasteiger partial charge is 0.00128 e. The number of rotatable bonds is 4. The lowest BCUT2D eigenvalue weighted by Gasteiger charge is -2.22. The normalized spacial score (nSPS) is 22.9. The van der Waals surface area contributed by atoms with Gasteiger partial charge in [0.15, 0.2) is 0 Å². The van der Waals surface area contributed by atoms with Crippen molar-refractivity contribution in [3.8, 4) is 0 Å². The monoisotopic (exact) mass is 232 g/mol. The van der Waals surface area contributed by atoms with Crippen LogP contribution >= 0.6 is 0 Å². The van der Waals surface area contributed by atoms with Crippen LogP contribution in [0.5, 0.6) is 0 Å². The molecule has 1 aliphatic rings. The first-order chi connectivity index (χ1) is 8.22. The SMILES string of the molecule is CC(c1ccccc1CCN)C1CCN(C)C1. The van der Waals surface area contributed by atoms with E-state index in [1.165, 1.54) is 30.6 Å². The molecular weight excluding hydrogens is 208 g/mol. The van der Waals surface area contributed by atoms with Gasteiger partial charge >= 0.3 is 0 Å². The quantitative estimate of drug-likeness (QED) is 0.862. The minimum atomic E-state index is 0.655. The van der Waals surface area contributed by atoms with E-state index in [1.54, 1.807) is 0 Å². The number of hydrogen-bond acceptors (Lipinski definition) is 2. The highest BCUT2D eigenvalue weighted by atomic mass is 15.1. The highest BCUT2D eigenvalue weighted by Crippen LogP contribution is 2.32. The molecule has 2 unspecified atom stereocenters. The molecule has 0 bridgehead atoms. The molecule has 0 amide bonds. The molecule has 2 atom stereocenters. The van der Waals surface area contributed by atoms with Crippen LogP contribution in [0, 0.1) is 5.92 Å². The van der Waals surface area contributed by atoms with E-state index >= 15 is 0 Å². The Bertz CT molecular complexity index is 362. The molecule has 2 nitrogen and oxygen atoms in total. The Labute approximate surface area is 105 Å². The molecule has 1 fully saturated rings. The van der Waals surface area contributed by atoms with Crippen molar-refractivity contribution < 1.29 is 0 Å². The van der Waals surface area contributed by atoms with Gasteiger partial charge in [0.2, 0.25) is 0 Å². The van der Waals surface area contributed by atoms with Gasteiger partial charge in [-0.15, -0.1) is 0 Å². The van der Waals surface area contributed by atoms with Gasteiger partial charge in [-0.25, -0.2) is 0 Å². The van der Waals surface area contributed by atoms with Gasteiger partial charge in [-0.1, -0.05) is 31.2 Å². The average Bonchev–Trinajstić information content (AvgIpc) is 2.76. The Hall–Kier alpha value is -0.860. The van der Waals surface area contributed by atoms with Crippen LogP contribution < -0.4 is 5.73 Å². The Morgan fingerprint density at radius 3 is 2.82 bits per heavy atom. The lowest BCUT2D eigenvalue weighted by molar-refractivity contribution is 0.377. The number of likely N-dealkylation sites (tertiary alicyclic amines) is 1. The van der Waals surface area contributed by atoms with Crippen LogP contribution in [0.3, 0.4) is 0 Å².